The predicted octanol–water partition coefficient (Wildman–Crippen LogP) is 0.340. The summed E-state index contributed by atoms with van der Waals surface area (Å²) < 4.78 is 23.5. The molecule has 1 aliphatic rings. The quantitative estimate of drug-likeness (QED) is 0.613. The lowest BCUT2D eigenvalue weighted by atomic mass is 10.2. The van der Waals surface area contributed by atoms with Crippen molar-refractivity contribution in [3.05, 3.63) is 0 Å². The SMILES string of the molecule is CS(=O)(=O)N1CCCC(S)C1. The Morgan fingerprint density at radius 1 is 1.55 bits per heavy atom. The molecule has 0 aromatic carbocycles. The second-order valence-electron chi connectivity index (χ2n) is 2.92. The molecule has 1 aliphatic heterocycles. The number of nitrogens with zero attached hydrogens (tertiary/aromatic N) is 1. The van der Waals surface area contributed by atoms with Gasteiger partial charge in [0.2, 0.25) is 10.0 Å². The highest BCUT2D eigenvalue weighted by atomic mass is 32.2. The van der Waals surface area contributed by atoms with Gasteiger partial charge in [-0.25, -0.2) is 12.7 Å². The van der Waals surface area contributed by atoms with Crippen molar-refractivity contribution in [1.29, 1.82) is 0 Å². The maximum Gasteiger partial charge on any atom is 0.211 e. The van der Waals surface area contributed by atoms with E-state index in [2.05, 4.69) is 12.6 Å². The van der Waals surface area contributed by atoms with Crippen molar-refractivity contribution in [1.82, 2.24) is 4.31 Å². The van der Waals surface area contributed by atoms with E-state index in [4.69, 9.17) is 0 Å². The fourth-order valence-corrected chi connectivity index (χ4v) is 2.62. The van der Waals surface area contributed by atoms with Gasteiger partial charge in [-0.2, -0.15) is 12.6 Å². The molecular formula is C6H13NO2S2. The van der Waals surface area contributed by atoms with Gasteiger partial charge < -0.3 is 0 Å². The average Bonchev–Trinajstić information content (AvgIpc) is 1.86. The van der Waals surface area contributed by atoms with Gasteiger partial charge in [0.15, 0.2) is 0 Å². The van der Waals surface area contributed by atoms with Gasteiger partial charge in [0.1, 0.15) is 0 Å². The second-order valence-corrected chi connectivity index (χ2v) is 5.63. The zero-order valence-electron chi connectivity index (χ0n) is 6.52. The van der Waals surface area contributed by atoms with Gasteiger partial charge in [0.25, 0.3) is 0 Å². The van der Waals surface area contributed by atoms with E-state index in [1.807, 2.05) is 0 Å². The Kier molecular flexibility index (Phi) is 2.83. The predicted molar refractivity (Wildman–Crippen MR) is 48.4 cm³/mol. The Morgan fingerprint density at radius 3 is 2.55 bits per heavy atom. The molecule has 1 atom stereocenters. The number of hydrogen-bond acceptors (Lipinski definition) is 3. The zero-order chi connectivity index (χ0) is 8.48. The summed E-state index contributed by atoms with van der Waals surface area (Å²) in [6.07, 6.45) is 3.20. The summed E-state index contributed by atoms with van der Waals surface area (Å²) in [4.78, 5) is 0. The normalized spacial score (nSPS) is 28.7. The first-order valence-corrected chi connectivity index (χ1v) is 6.00. The van der Waals surface area contributed by atoms with Crippen molar-refractivity contribution in [2.75, 3.05) is 19.3 Å². The van der Waals surface area contributed by atoms with Crippen LogP contribution in [0.3, 0.4) is 0 Å². The molecule has 1 fully saturated rings. The average molecular weight is 195 g/mol. The highest BCUT2D eigenvalue weighted by molar-refractivity contribution is 7.88. The minimum atomic E-state index is -2.97. The van der Waals surface area contributed by atoms with E-state index in [1.165, 1.54) is 10.6 Å². The fraction of sp³-hybridized carbons (Fsp3) is 1.00. The molecule has 0 amide bonds. The molecule has 1 rings (SSSR count). The summed E-state index contributed by atoms with van der Waals surface area (Å²) >= 11 is 4.25. The van der Waals surface area contributed by atoms with Gasteiger partial charge in [0.05, 0.1) is 6.26 Å². The molecule has 1 heterocycles. The molecule has 0 aromatic heterocycles. The van der Waals surface area contributed by atoms with Crippen molar-refractivity contribution in [3.63, 3.8) is 0 Å². The molecular weight excluding hydrogens is 182 g/mol. The van der Waals surface area contributed by atoms with E-state index in [9.17, 15) is 8.42 Å². The number of hydrogen-bond donors (Lipinski definition) is 1. The highest BCUT2D eigenvalue weighted by Gasteiger charge is 2.23. The topological polar surface area (TPSA) is 37.4 Å². The molecule has 0 radical (unpaired) electrons. The smallest absolute Gasteiger partial charge is 0.211 e. The molecule has 0 spiro atoms. The third-order valence-corrected chi connectivity index (χ3v) is 3.52. The van der Waals surface area contributed by atoms with E-state index >= 15 is 0 Å². The van der Waals surface area contributed by atoms with Crippen molar-refractivity contribution in [3.8, 4) is 0 Å². The molecule has 0 bridgehead atoms. The van der Waals surface area contributed by atoms with E-state index in [0.717, 1.165) is 12.8 Å². The molecule has 11 heavy (non-hydrogen) atoms. The summed E-state index contributed by atoms with van der Waals surface area (Å²) in [5.41, 5.74) is 0. The van der Waals surface area contributed by atoms with Crippen LogP contribution in [0.15, 0.2) is 0 Å². The Hall–Kier alpha value is 0.260. The third kappa shape index (κ3) is 2.65. The first kappa shape index (κ1) is 9.35. The van der Waals surface area contributed by atoms with Gasteiger partial charge in [0, 0.05) is 18.3 Å². The Labute approximate surface area is 73.2 Å². The van der Waals surface area contributed by atoms with Gasteiger partial charge in [-0.15, -0.1) is 0 Å². The standard InChI is InChI=1S/C6H13NO2S2/c1-11(8,9)7-4-2-3-6(10)5-7/h6,10H,2-5H2,1H3. The molecule has 0 aliphatic carbocycles. The summed E-state index contributed by atoms with van der Waals surface area (Å²) in [6, 6.07) is 0. The number of thiol groups is 1. The maximum absolute atomic E-state index is 11.0. The van der Waals surface area contributed by atoms with Gasteiger partial charge >= 0.3 is 0 Å². The Balaban J connectivity index is 2.60. The number of piperidine rings is 1. The molecule has 0 saturated carbocycles. The monoisotopic (exact) mass is 195 g/mol. The zero-order valence-corrected chi connectivity index (χ0v) is 8.24. The van der Waals surface area contributed by atoms with Crippen LogP contribution in [0.5, 0.6) is 0 Å². The van der Waals surface area contributed by atoms with Crippen LogP contribution in [0.25, 0.3) is 0 Å². The second kappa shape index (κ2) is 3.33. The number of sulfonamides is 1. The first-order chi connectivity index (χ1) is 5.00. The van der Waals surface area contributed by atoms with Crippen LogP contribution in [-0.4, -0.2) is 37.3 Å². The summed E-state index contributed by atoms with van der Waals surface area (Å²) in [5, 5.41) is 0.221. The van der Waals surface area contributed by atoms with Gasteiger partial charge in [-0.3, -0.25) is 0 Å². The van der Waals surface area contributed by atoms with Crippen LogP contribution >= 0.6 is 12.6 Å². The maximum atomic E-state index is 11.0. The lowest BCUT2D eigenvalue weighted by Crippen LogP contribution is -2.39. The minimum absolute atomic E-state index is 0.221. The third-order valence-electron chi connectivity index (χ3n) is 1.83. The van der Waals surface area contributed by atoms with Crippen LogP contribution in [0.4, 0.5) is 0 Å². The van der Waals surface area contributed by atoms with E-state index in [0.29, 0.717) is 13.1 Å². The molecule has 1 unspecified atom stereocenters. The van der Waals surface area contributed by atoms with Crippen LogP contribution in [0, 0.1) is 0 Å². The van der Waals surface area contributed by atoms with Crippen LogP contribution in [-0.2, 0) is 10.0 Å². The van der Waals surface area contributed by atoms with Crippen LogP contribution in [0.2, 0.25) is 0 Å². The molecule has 0 N–H and O–H groups in total. The van der Waals surface area contributed by atoms with E-state index < -0.39 is 10.0 Å². The van der Waals surface area contributed by atoms with Crippen molar-refractivity contribution in [2.24, 2.45) is 0 Å². The molecule has 66 valence electrons. The van der Waals surface area contributed by atoms with E-state index in [-0.39, 0.29) is 5.25 Å². The molecule has 5 heteroatoms. The summed E-state index contributed by atoms with van der Waals surface area (Å²) in [6.45, 7) is 1.23. The molecule has 3 nitrogen and oxygen atoms in total. The van der Waals surface area contributed by atoms with Crippen molar-refractivity contribution in [2.45, 2.75) is 18.1 Å². The van der Waals surface area contributed by atoms with Crippen LogP contribution in [0.1, 0.15) is 12.8 Å². The minimum Gasteiger partial charge on any atom is -0.213 e. The molecule has 1 saturated heterocycles. The highest BCUT2D eigenvalue weighted by Crippen LogP contribution is 2.16. The van der Waals surface area contributed by atoms with Gasteiger partial charge in [-0.05, 0) is 12.8 Å². The van der Waals surface area contributed by atoms with Crippen molar-refractivity contribution >= 4 is 22.7 Å². The van der Waals surface area contributed by atoms with Gasteiger partial charge in [-0.1, -0.05) is 0 Å². The van der Waals surface area contributed by atoms with Crippen molar-refractivity contribution < 1.29 is 8.42 Å². The fourth-order valence-electron chi connectivity index (χ4n) is 1.22. The first-order valence-electron chi connectivity index (χ1n) is 3.63. The Morgan fingerprint density at radius 2 is 2.18 bits per heavy atom. The molecule has 0 aromatic rings. The summed E-state index contributed by atoms with van der Waals surface area (Å²) in [5.74, 6) is 0. The number of rotatable bonds is 1. The summed E-state index contributed by atoms with van der Waals surface area (Å²) in [7, 11) is -2.97. The lowest BCUT2D eigenvalue weighted by Gasteiger charge is -2.27. The van der Waals surface area contributed by atoms with Crippen LogP contribution < -0.4 is 0 Å². The van der Waals surface area contributed by atoms with E-state index in [1.54, 1.807) is 0 Å². The largest absolute Gasteiger partial charge is 0.213 e. The Bertz CT molecular complexity index is 225. The lowest BCUT2D eigenvalue weighted by molar-refractivity contribution is 0.357.